The van der Waals surface area contributed by atoms with E-state index in [1.807, 2.05) is 7.05 Å². The molecule has 1 atom stereocenters. The predicted molar refractivity (Wildman–Crippen MR) is 64.5 cm³/mol. The first-order chi connectivity index (χ1) is 6.02. The summed E-state index contributed by atoms with van der Waals surface area (Å²) in [6.45, 7) is 10.4. The number of nitrogens with one attached hydrogen (secondary N) is 1. The highest BCUT2D eigenvalue weighted by molar-refractivity contribution is 7.99. The van der Waals surface area contributed by atoms with E-state index in [9.17, 15) is 0 Å². The molecule has 1 N–H and O–H groups in total. The molecule has 0 spiro atoms. The minimum absolute atomic E-state index is 0.442. The maximum absolute atomic E-state index is 3.29. The van der Waals surface area contributed by atoms with Crippen molar-refractivity contribution in [3.8, 4) is 0 Å². The molecule has 80 valence electrons. The van der Waals surface area contributed by atoms with Gasteiger partial charge < -0.3 is 5.32 Å². The van der Waals surface area contributed by atoms with Crippen LogP contribution in [0.5, 0.6) is 0 Å². The number of rotatable bonds is 6. The average molecular weight is 203 g/mol. The third kappa shape index (κ3) is 6.39. The quantitative estimate of drug-likeness (QED) is 0.666. The van der Waals surface area contributed by atoms with Gasteiger partial charge in [0.25, 0.3) is 0 Å². The summed E-state index contributed by atoms with van der Waals surface area (Å²) in [6.07, 6.45) is 1.34. The van der Waals surface area contributed by atoms with Gasteiger partial charge >= 0.3 is 0 Å². The molecule has 0 heterocycles. The van der Waals surface area contributed by atoms with E-state index < -0.39 is 0 Å². The van der Waals surface area contributed by atoms with E-state index >= 15 is 0 Å². The fourth-order valence-corrected chi connectivity index (χ4v) is 2.20. The normalized spacial score (nSPS) is 14.5. The molecule has 0 aliphatic carbocycles. The summed E-state index contributed by atoms with van der Waals surface area (Å²) in [5.74, 6) is 3.35. The highest BCUT2D eigenvalue weighted by Gasteiger charge is 2.22. The van der Waals surface area contributed by atoms with E-state index in [4.69, 9.17) is 0 Å². The van der Waals surface area contributed by atoms with Gasteiger partial charge in [-0.15, -0.1) is 0 Å². The van der Waals surface area contributed by atoms with Gasteiger partial charge in [-0.05, 0) is 42.9 Å². The largest absolute Gasteiger partial charge is 0.319 e. The van der Waals surface area contributed by atoms with Gasteiger partial charge in [-0.2, -0.15) is 11.8 Å². The van der Waals surface area contributed by atoms with Crippen LogP contribution in [0.2, 0.25) is 0 Å². The van der Waals surface area contributed by atoms with Crippen LogP contribution in [0.4, 0.5) is 0 Å². The predicted octanol–water partition coefficient (Wildman–Crippen LogP) is 3.01. The number of thioether (sulfide) groups is 1. The van der Waals surface area contributed by atoms with E-state index in [2.05, 4.69) is 44.8 Å². The van der Waals surface area contributed by atoms with Crippen molar-refractivity contribution in [1.29, 1.82) is 0 Å². The summed E-state index contributed by atoms with van der Waals surface area (Å²) in [6, 6.07) is 0. The maximum atomic E-state index is 3.29. The summed E-state index contributed by atoms with van der Waals surface area (Å²) >= 11 is 2.05. The van der Waals surface area contributed by atoms with Crippen LogP contribution in [0.15, 0.2) is 0 Å². The van der Waals surface area contributed by atoms with E-state index in [-0.39, 0.29) is 0 Å². The van der Waals surface area contributed by atoms with Crippen LogP contribution < -0.4 is 5.32 Å². The lowest BCUT2D eigenvalue weighted by Gasteiger charge is -2.30. The van der Waals surface area contributed by atoms with Crippen molar-refractivity contribution in [3.05, 3.63) is 0 Å². The van der Waals surface area contributed by atoms with Crippen LogP contribution in [-0.4, -0.2) is 25.1 Å². The monoisotopic (exact) mass is 203 g/mol. The van der Waals surface area contributed by atoms with Crippen molar-refractivity contribution in [2.45, 2.75) is 34.1 Å². The van der Waals surface area contributed by atoms with Crippen LogP contribution in [0.1, 0.15) is 34.1 Å². The van der Waals surface area contributed by atoms with Crippen LogP contribution >= 0.6 is 11.8 Å². The Hall–Kier alpha value is 0.310. The first-order valence-corrected chi connectivity index (χ1v) is 6.40. The van der Waals surface area contributed by atoms with Crippen molar-refractivity contribution in [3.63, 3.8) is 0 Å². The molecular formula is C11H25NS. The molecule has 0 rings (SSSR count). The Bertz CT molecular complexity index is 118. The molecule has 0 aliphatic rings. The van der Waals surface area contributed by atoms with Gasteiger partial charge in [0.15, 0.2) is 0 Å². The van der Waals surface area contributed by atoms with E-state index in [1.54, 1.807) is 0 Å². The second kappa shape index (κ2) is 6.72. The fraction of sp³-hybridized carbons (Fsp3) is 1.00. The molecule has 0 fully saturated rings. The van der Waals surface area contributed by atoms with Crippen molar-refractivity contribution >= 4 is 11.8 Å². The second-order valence-corrected chi connectivity index (χ2v) is 6.00. The molecule has 2 heteroatoms. The molecule has 0 aromatic carbocycles. The minimum Gasteiger partial charge on any atom is -0.319 e. The summed E-state index contributed by atoms with van der Waals surface area (Å²) < 4.78 is 0. The molecule has 1 nitrogen and oxygen atoms in total. The lowest BCUT2D eigenvalue weighted by Crippen LogP contribution is -2.30. The van der Waals surface area contributed by atoms with Crippen LogP contribution in [0.25, 0.3) is 0 Å². The standard InChI is InChI=1S/C11H25NS/c1-6-13-8-7-10(9-12-5)11(2,3)4/h10,12H,6-9H2,1-5H3. The topological polar surface area (TPSA) is 12.0 Å². The summed E-state index contributed by atoms with van der Waals surface area (Å²) in [4.78, 5) is 0. The molecule has 0 amide bonds. The summed E-state index contributed by atoms with van der Waals surface area (Å²) in [5.41, 5.74) is 0.442. The molecule has 0 saturated heterocycles. The molecule has 0 saturated carbocycles. The number of hydrogen-bond donors (Lipinski definition) is 1. The van der Waals surface area contributed by atoms with Crippen molar-refractivity contribution in [2.24, 2.45) is 11.3 Å². The smallest absolute Gasteiger partial charge is 0.00182 e. The molecule has 0 radical (unpaired) electrons. The molecule has 1 unspecified atom stereocenters. The molecule has 13 heavy (non-hydrogen) atoms. The Kier molecular flexibility index (Phi) is 6.88. The zero-order valence-corrected chi connectivity index (χ0v) is 10.6. The van der Waals surface area contributed by atoms with Crippen molar-refractivity contribution in [2.75, 3.05) is 25.1 Å². The van der Waals surface area contributed by atoms with Gasteiger partial charge in [0, 0.05) is 0 Å². The molecule has 0 aromatic heterocycles. The van der Waals surface area contributed by atoms with E-state index in [1.165, 1.54) is 17.9 Å². The van der Waals surface area contributed by atoms with Gasteiger partial charge in [0.05, 0.1) is 0 Å². The van der Waals surface area contributed by atoms with Crippen molar-refractivity contribution < 1.29 is 0 Å². The van der Waals surface area contributed by atoms with E-state index in [0.717, 1.165) is 12.5 Å². The summed E-state index contributed by atoms with van der Waals surface area (Å²) in [7, 11) is 2.05. The molecule has 0 aliphatic heterocycles. The Balaban J connectivity index is 3.81. The van der Waals surface area contributed by atoms with Crippen LogP contribution in [0.3, 0.4) is 0 Å². The van der Waals surface area contributed by atoms with Gasteiger partial charge in [-0.3, -0.25) is 0 Å². The zero-order chi connectivity index (χ0) is 10.3. The fourth-order valence-electron chi connectivity index (χ4n) is 1.46. The average Bonchev–Trinajstić information content (AvgIpc) is 2.01. The molecular weight excluding hydrogens is 178 g/mol. The lowest BCUT2D eigenvalue weighted by molar-refractivity contribution is 0.231. The molecule has 0 aromatic rings. The highest BCUT2D eigenvalue weighted by Crippen LogP contribution is 2.29. The molecule has 0 bridgehead atoms. The van der Waals surface area contributed by atoms with Crippen LogP contribution in [0, 0.1) is 11.3 Å². The van der Waals surface area contributed by atoms with Crippen molar-refractivity contribution in [1.82, 2.24) is 5.32 Å². The van der Waals surface area contributed by atoms with Gasteiger partial charge in [0.1, 0.15) is 0 Å². The minimum atomic E-state index is 0.442. The SMILES string of the molecule is CCSCCC(CNC)C(C)(C)C. The Morgan fingerprint density at radius 2 is 1.92 bits per heavy atom. The Morgan fingerprint density at radius 1 is 1.31 bits per heavy atom. The first-order valence-electron chi connectivity index (χ1n) is 5.24. The maximum Gasteiger partial charge on any atom is -0.00182 e. The van der Waals surface area contributed by atoms with Gasteiger partial charge in [-0.25, -0.2) is 0 Å². The van der Waals surface area contributed by atoms with Crippen LogP contribution in [-0.2, 0) is 0 Å². The summed E-state index contributed by atoms with van der Waals surface area (Å²) in [5, 5.41) is 3.29. The third-order valence-electron chi connectivity index (χ3n) is 2.49. The Morgan fingerprint density at radius 3 is 2.31 bits per heavy atom. The van der Waals surface area contributed by atoms with Gasteiger partial charge in [-0.1, -0.05) is 27.7 Å². The van der Waals surface area contributed by atoms with Gasteiger partial charge in [0.2, 0.25) is 0 Å². The first kappa shape index (κ1) is 13.3. The lowest BCUT2D eigenvalue weighted by atomic mass is 9.79. The second-order valence-electron chi connectivity index (χ2n) is 4.61. The highest BCUT2D eigenvalue weighted by atomic mass is 32.2. The van der Waals surface area contributed by atoms with E-state index in [0.29, 0.717) is 5.41 Å². The Labute approximate surface area is 88.1 Å². The zero-order valence-electron chi connectivity index (χ0n) is 9.81. The number of hydrogen-bond acceptors (Lipinski definition) is 2. The third-order valence-corrected chi connectivity index (χ3v) is 3.42.